The van der Waals surface area contributed by atoms with E-state index in [1.54, 1.807) is 53.5 Å². The van der Waals surface area contributed by atoms with Gasteiger partial charge in [0.15, 0.2) is 11.6 Å². The number of rotatable bonds is 23. The first-order valence-electron chi connectivity index (χ1n) is 22.9. The van der Waals surface area contributed by atoms with Gasteiger partial charge in [-0.25, -0.2) is 9.97 Å². The molecule has 0 atom stereocenters. The molecule has 2 saturated carbocycles. The normalized spacial score (nSPS) is 13.3. The lowest BCUT2D eigenvalue weighted by Crippen LogP contribution is -2.23. The van der Waals surface area contributed by atoms with Crippen LogP contribution in [0.5, 0.6) is 34.5 Å². The van der Waals surface area contributed by atoms with E-state index in [0.717, 1.165) is 31.4 Å². The molecule has 0 radical (unpaired) electrons. The van der Waals surface area contributed by atoms with E-state index >= 15 is 0 Å². The van der Waals surface area contributed by atoms with Gasteiger partial charge in [-0.15, -0.1) is 0 Å². The number of carbonyl (C=O) groups is 2. The topological polar surface area (TPSA) is 139 Å². The van der Waals surface area contributed by atoms with Gasteiger partial charge in [-0.2, -0.15) is 17.6 Å². The average molecular weight is 967 g/mol. The van der Waals surface area contributed by atoms with Crippen LogP contribution >= 0.6 is 0 Å². The second-order valence-corrected chi connectivity index (χ2v) is 17.0. The zero-order valence-electron chi connectivity index (χ0n) is 39.2. The van der Waals surface area contributed by atoms with Crippen LogP contribution in [0.3, 0.4) is 0 Å². The Morgan fingerprint density at radius 1 is 0.671 bits per heavy atom. The van der Waals surface area contributed by atoms with Crippen LogP contribution in [0.2, 0.25) is 0 Å². The van der Waals surface area contributed by atoms with Crippen molar-refractivity contribution in [3.63, 3.8) is 0 Å². The predicted octanol–water partition coefficient (Wildman–Crippen LogP) is 10.3. The van der Waals surface area contributed by atoms with Gasteiger partial charge >= 0.3 is 13.2 Å². The van der Waals surface area contributed by atoms with Crippen LogP contribution in [0.15, 0.2) is 104 Å². The summed E-state index contributed by atoms with van der Waals surface area (Å²) in [5.41, 5.74) is 4.81. The van der Waals surface area contributed by atoms with Crippen molar-refractivity contribution in [1.29, 1.82) is 0 Å². The van der Waals surface area contributed by atoms with Crippen molar-refractivity contribution < 1.29 is 55.6 Å². The van der Waals surface area contributed by atoms with Crippen LogP contribution < -0.4 is 38.6 Å². The highest BCUT2D eigenvalue weighted by atomic mass is 19.3. The fraction of sp³-hybridized carbons (Fsp3) is 0.346. The molecule has 14 nitrogen and oxygen atoms in total. The molecule has 0 aliphatic heterocycles. The zero-order valence-corrected chi connectivity index (χ0v) is 39.2. The van der Waals surface area contributed by atoms with E-state index in [-0.39, 0.29) is 52.1 Å². The van der Waals surface area contributed by atoms with Gasteiger partial charge in [0.1, 0.15) is 70.1 Å². The third-order valence-corrected chi connectivity index (χ3v) is 12.0. The molecule has 4 aromatic heterocycles. The number of nitrogens with one attached hydrogen (secondary N) is 1. The van der Waals surface area contributed by atoms with Gasteiger partial charge in [-0.05, 0) is 93.1 Å². The van der Waals surface area contributed by atoms with Crippen molar-refractivity contribution in [3.05, 3.63) is 115 Å². The molecule has 7 aromatic rings. The smallest absolute Gasteiger partial charge is 0.387 e. The van der Waals surface area contributed by atoms with E-state index in [9.17, 15) is 27.2 Å². The van der Waals surface area contributed by atoms with Crippen LogP contribution in [0, 0.1) is 11.8 Å². The molecule has 0 amide bonds. The highest BCUT2D eigenvalue weighted by molar-refractivity contribution is 6.03. The van der Waals surface area contributed by atoms with Gasteiger partial charge < -0.3 is 38.6 Å². The maximum absolute atomic E-state index is 13.3. The van der Waals surface area contributed by atoms with Gasteiger partial charge in [0.2, 0.25) is 0 Å². The lowest BCUT2D eigenvalue weighted by molar-refractivity contribution is -0.0509. The molecule has 18 heteroatoms. The third kappa shape index (κ3) is 12.1. The number of nitrogens with zero attached hydrogens (tertiary/aromatic N) is 5. The van der Waals surface area contributed by atoms with Gasteiger partial charge in [0.25, 0.3) is 0 Å². The number of methoxy groups -OCH3 is 2. The molecule has 2 aliphatic rings. The monoisotopic (exact) mass is 966 g/mol. The van der Waals surface area contributed by atoms with Gasteiger partial charge in [-0.1, -0.05) is 18.2 Å². The Morgan fingerprint density at radius 3 is 1.56 bits per heavy atom. The first-order chi connectivity index (χ1) is 33.9. The summed E-state index contributed by atoms with van der Waals surface area (Å²) in [7, 11) is 6.67. The Bertz CT molecular complexity index is 2920. The predicted molar refractivity (Wildman–Crippen MR) is 256 cm³/mol. The number of alkyl halides is 4. The first kappa shape index (κ1) is 49.1. The molecule has 4 heterocycles. The number of benzene rings is 3. The number of anilines is 1. The standard InChI is InChI=1S/C29H29F2N3O4.C23H25F2N3O4/c1-33(21-6-4-3-5-7-21)12-13-37-22-10-11-34-23(18-32-27(34)17-22)20-15-25(36-2)28(24(35)14-19-8-9-19)26(16-20)38-29(30)31;1-26-6-8-31-16-5-7-28-17(13-27-21(28)12-16)15-10-19(30-2)22(18(29)9-14-3-4-14)20(11-15)32-23(24)25/h3-7,10-11,15-19,29H,8-9,12-14H2,1-2H3;5,7,10-14,23,26H,3-4,6,8-9H2,1-2H3. The minimum absolute atomic E-state index is 0.0495. The van der Waals surface area contributed by atoms with Crippen molar-refractivity contribution in [2.75, 3.05) is 59.5 Å². The largest absolute Gasteiger partial charge is 0.496 e. The second kappa shape index (κ2) is 22.4. The number of Topliss-reactive ketones (excluding diaryl/α,β-unsaturated/α-hetero) is 2. The summed E-state index contributed by atoms with van der Waals surface area (Å²) in [5, 5.41) is 3.01. The molecule has 9 rings (SSSR count). The molecular formula is C52H54F4N6O8. The molecule has 0 unspecified atom stereocenters. The number of hydrogen-bond acceptors (Lipinski definition) is 12. The maximum Gasteiger partial charge on any atom is 0.387 e. The molecule has 3 aromatic carbocycles. The number of pyridine rings is 2. The van der Waals surface area contributed by atoms with E-state index in [1.165, 1.54) is 26.4 Å². The van der Waals surface area contributed by atoms with Crippen LogP contribution in [0.4, 0.5) is 23.2 Å². The van der Waals surface area contributed by atoms with Crippen molar-refractivity contribution in [2.45, 2.75) is 51.7 Å². The molecule has 2 aliphatic carbocycles. The van der Waals surface area contributed by atoms with Crippen molar-refractivity contribution in [2.24, 2.45) is 11.8 Å². The van der Waals surface area contributed by atoms with Gasteiger partial charge in [0, 0.05) is 67.8 Å². The summed E-state index contributed by atoms with van der Waals surface area (Å²) in [4.78, 5) is 36.7. The van der Waals surface area contributed by atoms with Crippen LogP contribution in [0.1, 0.15) is 59.2 Å². The Hall–Kier alpha value is -7.34. The maximum atomic E-state index is 13.3. The fourth-order valence-electron chi connectivity index (χ4n) is 8.01. The molecule has 0 spiro atoms. The summed E-state index contributed by atoms with van der Waals surface area (Å²) in [6.07, 6.45) is 11.3. The highest BCUT2D eigenvalue weighted by Crippen LogP contribution is 2.42. The number of likely N-dealkylation sites (N-methyl/N-ethyl adjacent to an activating group) is 2. The molecule has 0 bridgehead atoms. The van der Waals surface area contributed by atoms with Gasteiger partial charge in [-0.3, -0.25) is 18.4 Å². The Labute approximate surface area is 402 Å². The number of para-hydroxylation sites is 1. The Morgan fingerprint density at radius 2 is 1.13 bits per heavy atom. The van der Waals surface area contributed by atoms with E-state index in [1.807, 2.05) is 61.0 Å². The number of fused-ring (bicyclic) bond motifs is 2. The number of hydrogen-bond donors (Lipinski definition) is 1. The minimum Gasteiger partial charge on any atom is -0.496 e. The molecule has 368 valence electrons. The van der Waals surface area contributed by atoms with Crippen LogP contribution in [-0.4, -0.2) is 98.2 Å². The zero-order chi connectivity index (χ0) is 49.3. The van der Waals surface area contributed by atoms with E-state index < -0.39 is 13.2 Å². The number of imidazole rings is 2. The van der Waals surface area contributed by atoms with Crippen molar-refractivity contribution in [1.82, 2.24) is 24.1 Å². The number of halogens is 4. The Kier molecular flexibility index (Phi) is 15.7. The molecule has 1 N–H and O–H groups in total. The average Bonchev–Trinajstić information content (AvgIpc) is 4.27. The Balaban J connectivity index is 0.000000191. The summed E-state index contributed by atoms with van der Waals surface area (Å²) in [5.74, 6) is 1.42. The van der Waals surface area contributed by atoms with Crippen molar-refractivity contribution in [3.8, 4) is 57.0 Å². The summed E-state index contributed by atoms with van der Waals surface area (Å²) in [6.45, 7) is -3.73. The third-order valence-electron chi connectivity index (χ3n) is 12.0. The lowest BCUT2D eigenvalue weighted by atomic mass is 10.00. The molecular weight excluding hydrogens is 913 g/mol. The molecule has 70 heavy (non-hydrogen) atoms. The first-order valence-corrected chi connectivity index (χ1v) is 22.9. The molecule has 0 saturated heterocycles. The summed E-state index contributed by atoms with van der Waals surface area (Å²) >= 11 is 0. The van der Waals surface area contributed by atoms with E-state index in [4.69, 9.17) is 28.4 Å². The number of ketones is 2. The van der Waals surface area contributed by atoms with Gasteiger partial charge in [0.05, 0.1) is 44.5 Å². The lowest BCUT2D eigenvalue weighted by Gasteiger charge is -2.19. The SMILES string of the molecule is CNCCOc1ccn2c(-c3cc(OC)c(C(=O)CC4CC4)c(OC(F)F)c3)cnc2c1.COc1cc(-c2cnc3cc(OCCN(C)c4ccccc4)ccn23)cc(OC(F)F)c1C(=O)CC1CC1. The number of carbonyl (C=O) groups excluding carboxylic acids is 2. The minimum atomic E-state index is -3.08. The van der Waals surface area contributed by atoms with Crippen molar-refractivity contribution >= 4 is 28.5 Å². The van der Waals surface area contributed by atoms with Crippen LogP contribution in [0.25, 0.3) is 33.8 Å². The highest BCUT2D eigenvalue weighted by Gasteiger charge is 2.31. The second-order valence-electron chi connectivity index (χ2n) is 17.0. The summed E-state index contributed by atoms with van der Waals surface area (Å²) < 4.78 is 88.5. The number of ether oxygens (including phenoxy) is 6. The van der Waals surface area contributed by atoms with Crippen LogP contribution in [-0.2, 0) is 0 Å². The van der Waals surface area contributed by atoms with E-state index in [0.29, 0.717) is 89.9 Å². The fourth-order valence-corrected chi connectivity index (χ4v) is 8.01. The quantitative estimate of drug-likeness (QED) is 0.0371. The summed E-state index contributed by atoms with van der Waals surface area (Å²) in [6, 6.07) is 23.5. The number of aromatic nitrogens is 4. The molecule has 2 fully saturated rings. The van der Waals surface area contributed by atoms with E-state index in [2.05, 4.69) is 20.2 Å².